The van der Waals surface area contributed by atoms with E-state index in [9.17, 15) is 14.9 Å². The van der Waals surface area contributed by atoms with Gasteiger partial charge in [-0.3, -0.25) is 14.9 Å². The largest absolute Gasteiger partial charge is 0.342 e. The van der Waals surface area contributed by atoms with Crippen molar-refractivity contribution in [2.45, 2.75) is 25.7 Å². The van der Waals surface area contributed by atoms with Crippen molar-refractivity contribution in [3.63, 3.8) is 0 Å². The third-order valence-electron chi connectivity index (χ3n) is 5.04. The zero-order chi connectivity index (χ0) is 15.6. The van der Waals surface area contributed by atoms with Crippen molar-refractivity contribution in [3.05, 3.63) is 39.9 Å². The lowest BCUT2D eigenvalue weighted by Crippen LogP contribution is -2.44. The number of nitrogens with zero attached hydrogens (tertiary/aromatic N) is 2. The molecule has 2 heterocycles. The minimum absolute atomic E-state index is 0. The third-order valence-corrected chi connectivity index (χ3v) is 5.04. The van der Waals surface area contributed by atoms with Crippen LogP contribution >= 0.6 is 12.4 Å². The van der Waals surface area contributed by atoms with E-state index >= 15 is 0 Å². The van der Waals surface area contributed by atoms with Crippen LogP contribution in [0.1, 0.15) is 24.8 Å². The molecule has 126 valence electrons. The first-order chi connectivity index (χ1) is 10.6. The second-order valence-electron chi connectivity index (χ2n) is 6.37. The zero-order valence-corrected chi connectivity index (χ0v) is 13.8. The fourth-order valence-electron chi connectivity index (χ4n) is 3.57. The van der Waals surface area contributed by atoms with Gasteiger partial charge in [0.2, 0.25) is 5.91 Å². The molecule has 0 unspecified atom stereocenters. The van der Waals surface area contributed by atoms with E-state index < -0.39 is 4.92 Å². The summed E-state index contributed by atoms with van der Waals surface area (Å²) >= 11 is 0. The Morgan fingerprint density at radius 2 is 1.96 bits per heavy atom. The highest BCUT2D eigenvalue weighted by molar-refractivity contribution is 5.85. The molecule has 2 aliphatic rings. The van der Waals surface area contributed by atoms with Crippen molar-refractivity contribution in [2.75, 3.05) is 26.2 Å². The van der Waals surface area contributed by atoms with Crippen molar-refractivity contribution in [1.29, 1.82) is 0 Å². The van der Waals surface area contributed by atoms with Gasteiger partial charge in [0.15, 0.2) is 0 Å². The molecule has 3 rings (SSSR count). The summed E-state index contributed by atoms with van der Waals surface area (Å²) in [7, 11) is 0. The van der Waals surface area contributed by atoms with Gasteiger partial charge in [0.05, 0.1) is 11.3 Å². The molecule has 2 saturated heterocycles. The van der Waals surface area contributed by atoms with Crippen molar-refractivity contribution in [2.24, 2.45) is 5.41 Å². The molecule has 1 aromatic carbocycles. The SMILES string of the molecule is Cl.O=C(Cc1ccccc1[N+](=O)[O-])N1CCC2(CCNC2)CC1. The van der Waals surface area contributed by atoms with Crippen molar-refractivity contribution < 1.29 is 9.72 Å². The van der Waals surface area contributed by atoms with E-state index in [-0.39, 0.29) is 30.4 Å². The van der Waals surface area contributed by atoms with Crippen LogP contribution in [0, 0.1) is 15.5 Å². The van der Waals surface area contributed by atoms with E-state index in [0.717, 1.165) is 39.0 Å². The number of carbonyl (C=O) groups is 1. The summed E-state index contributed by atoms with van der Waals surface area (Å²) in [6, 6.07) is 6.50. The molecule has 0 saturated carbocycles. The number of nitro groups is 1. The minimum Gasteiger partial charge on any atom is -0.342 e. The van der Waals surface area contributed by atoms with Crippen LogP contribution in [-0.2, 0) is 11.2 Å². The molecule has 0 aromatic heterocycles. The summed E-state index contributed by atoms with van der Waals surface area (Å²) in [5.74, 6) is -0.00453. The summed E-state index contributed by atoms with van der Waals surface area (Å²) in [5, 5.41) is 14.4. The number of hydrogen-bond acceptors (Lipinski definition) is 4. The summed E-state index contributed by atoms with van der Waals surface area (Å²) in [6.45, 7) is 3.66. The molecule has 1 N–H and O–H groups in total. The number of benzene rings is 1. The van der Waals surface area contributed by atoms with Gasteiger partial charge in [0.1, 0.15) is 0 Å². The summed E-state index contributed by atoms with van der Waals surface area (Å²) in [6.07, 6.45) is 3.37. The average molecular weight is 340 g/mol. The lowest BCUT2D eigenvalue weighted by molar-refractivity contribution is -0.385. The van der Waals surface area contributed by atoms with Gasteiger partial charge in [-0.05, 0) is 31.2 Å². The van der Waals surface area contributed by atoms with Crippen LogP contribution in [0.3, 0.4) is 0 Å². The normalized spacial score (nSPS) is 19.4. The fourth-order valence-corrected chi connectivity index (χ4v) is 3.57. The number of para-hydroxylation sites is 1. The van der Waals surface area contributed by atoms with Gasteiger partial charge < -0.3 is 10.2 Å². The van der Waals surface area contributed by atoms with Crippen molar-refractivity contribution >= 4 is 24.0 Å². The Bertz CT molecular complexity index is 578. The Morgan fingerprint density at radius 1 is 1.26 bits per heavy atom. The maximum absolute atomic E-state index is 12.4. The molecule has 0 radical (unpaired) electrons. The van der Waals surface area contributed by atoms with Crippen LogP contribution in [0.2, 0.25) is 0 Å². The molecule has 0 aliphatic carbocycles. The van der Waals surface area contributed by atoms with E-state index in [4.69, 9.17) is 0 Å². The van der Waals surface area contributed by atoms with E-state index in [1.165, 1.54) is 12.5 Å². The first-order valence-electron chi connectivity index (χ1n) is 7.80. The average Bonchev–Trinajstić information content (AvgIpc) is 2.96. The van der Waals surface area contributed by atoms with Crippen LogP contribution in [0.25, 0.3) is 0 Å². The molecule has 6 nitrogen and oxygen atoms in total. The van der Waals surface area contributed by atoms with Crippen LogP contribution in [0.15, 0.2) is 24.3 Å². The van der Waals surface area contributed by atoms with Gasteiger partial charge in [0.25, 0.3) is 5.69 Å². The first kappa shape index (κ1) is 17.7. The van der Waals surface area contributed by atoms with E-state index in [1.807, 2.05) is 4.90 Å². The summed E-state index contributed by atoms with van der Waals surface area (Å²) in [5.41, 5.74) is 0.903. The molecule has 1 aromatic rings. The molecule has 2 fully saturated rings. The molecule has 7 heteroatoms. The van der Waals surface area contributed by atoms with E-state index in [1.54, 1.807) is 18.2 Å². The molecule has 0 bridgehead atoms. The number of amides is 1. The number of halogens is 1. The van der Waals surface area contributed by atoms with Gasteiger partial charge >= 0.3 is 0 Å². The Morgan fingerprint density at radius 3 is 2.57 bits per heavy atom. The Balaban J connectivity index is 0.00000192. The third kappa shape index (κ3) is 3.82. The monoisotopic (exact) mass is 339 g/mol. The smallest absolute Gasteiger partial charge is 0.273 e. The number of nitro benzene ring substituents is 1. The fraction of sp³-hybridized carbons (Fsp3) is 0.562. The molecule has 2 aliphatic heterocycles. The van der Waals surface area contributed by atoms with Crippen LogP contribution in [0.4, 0.5) is 5.69 Å². The lowest BCUT2D eigenvalue weighted by atomic mass is 9.78. The van der Waals surface area contributed by atoms with Gasteiger partial charge in [-0.1, -0.05) is 18.2 Å². The number of rotatable bonds is 3. The van der Waals surface area contributed by atoms with Crippen LogP contribution < -0.4 is 5.32 Å². The molecular formula is C16H22ClN3O3. The van der Waals surface area contributed by atoms with Gasteiger partial charge in [-0.2, -0.15) is 0 Å². The Kier molecular flexibility index (Phi) is 5.59. The van der Waals surface area contributed by atoms with Crippen LogP contribution in [-0.4, -0.2) is 41.9 Å². The molecule has 23 heavy (non-hydrogen) atoms. The van der Waals surface area contributed by atoms with E-state index in [0.29, 0.717) is 11.0 Å². The standard InChI is InChI=1S/C16H21N3O3.ClH/c20-15(11-13-3-1-2-4-14(13)19(21)22)18-9-6-16(7-10-18)5-8-17-12-16;/h1-4,17H,5-12H2;1H. The van der Waals surface area contributed by atoms with Crippen molar-refractivity contribution in [1.82, 2.24) is 10.2 Å². The first-order valence-corrected chi connectivity index (χ1v) is 7.80. The quantitative estimate of drug-likeness (QED) is 0.676. The maximum atomic E-state index is 12.4. The highest BCUT2D eigenvalue weighted by Crippen LogP contribution is 2.37. The second kappa shape index (κ2) is 7.27. The predicted octanol–water partition coefficient (Wildman–Crippen LogP) is 2.16. The highest BCUT2D eigenvalue weighted by atomic mass is 35.5. The molecule has 1 amide bonds. The maximum Gasteiger partial charge on any atom is 0.273 e. The van der Waals surface area contributed by atoms with Gasteiger partial charge in [-0.15, -0.1) is 12.4 Å². The number of piperidine rings is 1. The second-order valence-corrected chi connectivity index (χ2v) is 6.37. The lowest BCUT2D eigenvalue weighted by Gasteiger charge is -2.38. The number of carbonyl (C=O) groups excluding carboxylic acids is 1. The van der Waals surface area contributed by atoms with Crippen molar-refractivity contribution in [3.8, 4) is 0 Å². The van der Waals surface area contributed by atoms with Crippen LogP contribution in [0.5, 0.6) is 0 Å². The number of nitrogens with one attached hydrogen (secondary N) is 1. The highest BCUT2D eigenvalue weighted by Gasteiger charge is 2.38. The number of likely N-dealkylation sites (tertiary alicyclic amines) is 1. The molecule has 0 atom stereocenters. The van der Waals surface area contributed by atoms with Gasteiger partial charge in [-0.25, -0.2) is 0 Å². The van der Waals surface area contributed by atoms with E-state index in [2.05, 4.69) is 5.32 Å². The topological polar surface area (TPSA) is 75.5 Å². The van der Waals surface area contributed by atoms with Gasteiger partial charge in [0, 0.05) is 31.3 Å². The molecule has 1 spiro atoms. The summed E-state index contributed by atoms with van der Waals surface area (Å²) in [4.78, 5) is 24.9. The molecular weight excluding hydrogens is 318 g/mol. The number of hydrogen-bond donors (Lipinski definition) is 1. The Hall–Kier alpha value is -1.66. The predicted molar refractivity (Wildman–Crippen MR) is 89.8 cm³/mol. The Labute approximate surface area is 141 Å². The summed E-state index contributed by atoms with van der Waals surface area (Å²) < 4.78 is 0. The minimum atomic E-state index is -0.419. The zero-order valence-electron chi connectivity index (χ0n) is 13.0.